The maximum absolute atomic E-state index is 11.8. The highest BCUT2D eigenvalue weighted by Gasteiger charge is 2.08. The lowest BCUT2D eigenvalue weighted by Gasteiger charge is -2.13. The Morgan fingerprint density at radius 1 is 0.964 bits per heavy atom. The van der Waals surface area contributed by atoms with Crippen molar-refractivity contribution in [2.75, 3.05) is 13.2 Å². The van der Waals surface area contributed by atoms with Gasteiger partial charge in [0.1, 0.15) is 11.5 Å². The van der Waals surface area contributed by atoms with Gasteiger partial charge in [0.15, 0.2) is 13.2 Å². The van der Waals surface area contributed by atoms with Gasteiger partial charge in [-0.3, -0.25) is 20.4 Å². The molecule has 0 spiro atoms. The molecule has 28 heavy (non-hydrogen) atoms. The molecule has 0 heterocycles. The van der Waals surface area contributed by atoms with Gasteiger partial charge in [0.25, 0.3) is 11.8 Å². The van der Waals surface area contributed by atoms with Gasteiger partial charge in [0.2, 0.25) is 0 Å². The van der Waals surface area contributed by atoms with Crippen molar-refractivity contribution < 1.29 is 19.1 Å². The fraction of sp³-hybridized carbons (Fsp3) is 0.286. The second kappa shape index (κ2) is 9.97. The Morgan fingerprint density at radius 3 is 2.00 bits per heavy atom. The Labute approximate surface area is 164 Å². The zero-order valence-corrected chi connectivity index (χ0v) is 16.1. The molecule has 0 aliphatic heterocycles. The third-order valence-corrected chi connectivity index (χ3v) is 3.93. The summed E-state index contributed by atoms with van der Waals surface area (Å²) in [5, 5.41) is 8.73. The molecule has 2 rings (SSSR count). The summed E-state index contributed by atoms with van der Waals surface area (Å²) >= 11 is 0. The van der Waals surface area contributed by atoms with E-state index in [1.807, 2.05) is 31.2 Å². The van der Waals surface area contributed by atoms with Crippen molar-refractivity contribution in [3.8, 4) is 17.6 Å². The minimum Gasteiger partial charge on any atom is -0.484 e. The van der Waals surface area contributed by atoms with Crippen molar-refractivity contribution in [2.45, 2.75) is 26.7 Å². The van der Waals surface area contributed by atoms with Crippen LogP contribution < -0.4 is 20.3 Å². The third-order valence-electron chi connectivity index (χ3n) is 3.93. The predicted molar refractivity (Wildman–Crippen MR) is 104 cm³/mol. The summed E-state index contributed by atoms with van der Waals surface area (Å²) in [6.07, 6.45) is 0. The van der Waals surface area contributed by atoms with E-state index in [-0.39, 0.29) is 13.2 Å². The van der Waals surface area contributed by atoms with Crippen LogP contribution in [0.4, 0.5) is 0 Å². The van der Waals surface area contributed by atoms with E-state index in [9.17, 15) is 9.59 Å². The van der Waals surface area contributed by atoms with Crippen LogP contribution in [-0.4, -0.2) is 25.0 Å². The zero-order chi connectivity index (χ0) is 20.5. The third kappa shape index (κ3) is 6.32. The lowest BCUT2D eigenvalue weighted by atomic mass is 9.98. The molecule has 0 aliphatic rings. The zero-order valence-electron chi connectivity index (χ0n) is 16.1. The normalized spacial score (nSPS) is 10.1. The van der Waals surface area contributed by atoms with E-state index in [0.29, 0.717) is 23.0 Å². The number of carbonyl (C=O) groups is 2. The molecule has 7 heteroatoms. The molecule has 0 saturated carbocycles. The lowest BCUT2D eigenvalue weighted by Crippen LogP contribution is -2.45. The summed E-state index contributed by atoms with van der Waals surface area (Å²) in [5.74, 6) is 0.447. The number of carbonyl (C=O) groups excluding carboxylic acids is 2. The van der Waals surface area contributed by atoms with Crippen LogP contribution >= 0.6 is 0 Å². The number of nitrogens with zero attached hydrogens (tertiary/aromatic N) is 1. The van der Waals surface area contributed by atoms with Crippen LogP contribution in [0.15, 0.2) is 42.5 Å². The average molecular weight is 381 g/mol. The molecule has 0 fully saturated rings. The maximum atomic E-state index is 11.8. The second-order valence-corrected chi connectivity index (χ2v) is 6.48. The van der Waals surface area contributed by atoms with Crippen molar-refractivity contribution in [1.82, 2.24) is 10.9 Å². The van der Waals surface area contributed by atoms with E-state index < -0.39 is 11.8 Å². The van der Waals surface area contributed by atoms with Gasteiger partial charge in [-0.05, 0) is 60.4 Å². The van der Waals surface area contributed by atoms with Crippen LogP contribution in [-0.2, 0) is 9.59 Å². The van der Waals surface area contributed by atoms with E-state index >= 15 is 0 Å². The Morgan fingerprint density at radius 2 is 1.50 bits per heavy atom. The van der Waals surface area contributed by atoms with Crippen LogP contribution in [0.1, 0.15) is 36.5 Å². The van der Waals surface area contributed by atoms with Gasteiger partial charge in [-0.1, -0.05) is 19.9 Å². The molecule has 0 saturated heterocycles. The number of hydrogen-bond donors (Lipinski definition) is 2. The first-order chi connectivity index (χ1) is 13.4. The molecule has 0 aliphatic carbocycles. The number of nitriles is 1. The SMILES string of the molecule is Cc1cc(OCC(=O)NNC(=O)COc2ccc(C#N)cc2)ccc1C(C)C. The number of benzene rings is 2. The number of aryl methyl sites for hydroxylation is 1. The van der Waals surface area contributed by atoms with Crippen molar-refractivity contribution in [3.05, 3.63) is 59.2 Å². The first-order valence-corrected chi connectivity index (χ1v) is 8.83. The minimum atomic E-state index is -0.519. The summed E-state index contributed by atoms with van der Waals surface area (Å²) in [6, 6.07) is 14.0. The predicted octanol–water partition coefficient (Wildman–Crippen LogP) is 2.60. The monoisotopic (exact) mass is 381 g/mol. The van der Waals surface area contributed by atoms with Gasteiger partial charge >= 0.3 is 0 Å². The number of hydrogen-bond acceptors (Lipinski definition) is 5. The molecule has 7 nitrogen and oxygen atoms in total. The molecule has 0 atom stereocenters. The highest BCUT2D eigenvalue weighted by atomic mass is 16.5. The van der Waals surface area contributed by atoms with Gasteiger partial charge in [-0.25, -0.2) is 0 Å². The van der Waals surface area contributed by atoms with E-state index in [1.54, 1.807) is 24.3 Å². The van der Waals surface area contributed by atoms with Crippen LogP contribution in [0.2, 0.25) is 0 Å². The number of hydrazine groups is 1. The van der Waals surface area contributed by atoms with E-state index in [1.165, 1.54) is 5.56 Å². The molecule has 146 valence electrons. The molecular weight excluding hydrogens is 358 g/mol. The number of amides is 2. The Balaban J connectivity index is 1.70. The summed E-state index contributed by atoms with van der Waals surface area (Å²) in [6.45, 7) is 5.73. The first-order valence-electron chi connectivity index (χ1n) is 8.83. The van der Waals surface area contributed by atoms with Gasteiger partial charge in [0.05, 0.1) is 11.6 Å². The standard InChI is InChI=1S/C21H23N3O4/c1-14(2)19-9-8-18(10-15(19)3)28-13-21(26)24-23-20(25)12-27-17-6-4-16(11-22)5-7-17/h4-10,14H,12-13H2,1-3H3,(H,23,25)(H,24,26). The number of ether oxygens (including phenoxy) is 2. The van der Waals surface area contributed by atoms with Gasteiger partial charge in [-0.2, -0.15) is 5.26 Å². The van der Waals surface area contributed by atoms with Crippen molar-refractivity contribution in [3.63, 3.8) is 0 Å². The van der Waals surface area contributed by atoms with E-state index in [0.717, 1.165) is 5.56 Å². The summed E-state index contributed by atoms with van der Waals surface area (Å²) in [7, 11) is 0. The molecule has 0 bridgehead atoms. The van der Waals surface area contributed by atoms with Gasteiger partial charge in [-0.15, -0.1) is 0 Å². The van der Waals surface area contributed by atoms with Crippen LogP contribution in [0.3, 0.4) is 0 Å². The summed E-state index contributed by atoms with van der Waals surface area (Å²) in [5.41, 5.74) is 7.34. The van der Waals surface area contributed by atoms with Gasteiger partial charge < -0.3 is 9.47 Å². The largest absolute Gasteiger partial charge is 0.484 e. The van der Waals surface area contributed by atoms with Crippen LogP contribution in [0.25, 0.3) is 0 Å². The molecule has 2 amide bonds. The fourth-order valence-electron chi connectivity index (χ4n) is 2.52. The smallest absolute Gasteiger partial charge is 0.276 e. The van der Waals surface area contributed by atoms with E-state index in [4.69, 9.17) is 14.7 Å². The summed E-state index contributed by atoms with van der Waals surface area (Å²) < 4.78 is 10.7. The molecule has 0 aromatic heterocycles. The number of nitrogens with one attached hydrogen (secondary N) is 2. The molecule has 2 aromatic carbocycles. The molecule has 0 radical (unpaired) electrons. The number of rotatable bonds is 7. The lowest BCUT2D eigenvalue weighted by molar-refractivity contribution is -0.131. The first kappa shape index (κ1) is 20.8. The summed E-state index contributed by atoms with van der Waals surface area (Å²) in [4.78, 5) is 23.5. The average Bonchev–Trinajstić information content (AvgIpc) is 2.69. The molecule has 2 N–H and O–H groups in total. The fourth-order valence-corrected chi connectivity index (χ4v) is 2.52. The molecule has 0 unspecified atom stereocenters. The molecule has 2 aromatic rings. The quantitative estimate of drug-likeness (QED) is 0.718. The maximum Gasteiger partial charge on any atom is 0.276 e. The second-order valence-electron chi connectivity index (χ2n) is 6.48. The highest BCUT2D eigenvalue weighted by molar-refractivity contribution is 5.83. The van der Waals surface area contributed by atoms with E-state index in [2.05, 4.69) is 24.7 Å². The minimum absolute atomic E-state index is 0.225. The molecular formula is C21H23N3O4. The van der Waals surface area contributed by atoms with Crippen molar-refractivity contribution in [1.29, 1.82) is 5.26 Å². The Bertz CT molecular complexity index is 870. The highest BCUT2D eigenvalue weighted by Crippen LogP contribution is 2.23. The topological polar surface area (TPSA) is 100 Å². The van der Waals surface area contributed by atoms with Crippen molar-refractivity contribution in [2.24, 2.45) is 0 Å². The van der Waals surface area contributed by atoms with Crippen LogP contribution in [0.5, 0.6) is 11.5 Å². The Hall–Kier alpha value is -3.53. The Kier molecular flexibility index (Phi) is 7.40. The van der Waals surface area contributed by atoms with Crippen LogP contribution in [0, 0.1) is 18.3 Å². The van der Waals surface area contributed by atoms with Crippen molar-refractivity contribution >= 4 is 11.8 Å². The van der Waals surface area contributed by atoms with Gasteiger partial charge in [0, 0.05) is 0 Å².